The third kappa shape index (κ3) is 4.74. The third-order valence-corrected chi connectivity index (χ3v) is 5.06. The molecule has 0 aliphatic heterocycles. The zero-order valence-corrected chi connectivity index (χ0v) is 14.3. The maximum atomic E-state index is 12.3. The molecule has 0 saturated heterocycles. The zero-order valence-electron chi connectivity index (χ0n) is 13.5. The van der Waals surface area contributed by atoms with Gasteiger partial charge in [0.15, 0.2) is 5.69 Å². The molecule has 5 nitrogen and oxygen atoms in total. The Balaban J connectivity index is 1.88. The molecule has 0 radical (unpaired) electrons. The molecule has 2 atom stereocenters. The second-order valence-corrected chi connectivity index (χ2v) is 7.10. The van der Waals surface area contributed by atoms with Crippen LogP contribution in [0.25, 0.3) is 0 Å². The standard InChI is InChI=1S/C16H27N3O2S/c1-11(12-6-4-3-5-7-12)18-15(20)14-10-21-16(19-14)13(17)8-9-22-2/h10-13H,3-9,17H2,1-2H3,(H,18,20). The summed E-state index contributed by atoms with van der Waals surface area (Å²) >= 11 is 1.73. The van der Waals surface area contributed by atoms with Gasteiger partial charge in [0, 0.05) is 6.04 Å². The van der Waals surface area contributed by atoms with Gasteiger partial charge in [-0.25, -0.2) is 4.98 Å². The third-order valence-electron chi connectivity index (χ3n) is 4.42. The van der Waals surface area contributed by atoms with Crippen LogP contribution < -0.4 is 11.1 Å². The molecule has 1 saturated carbocycles. The van der Waals surface area contributed by atoms with Crippen molar-refractivity contribution in [1.29, 1.82) is 0 Å². The topological polar surface area (TPSA) is 81.1 Å². The number of carbonyl (C=O) groups is 1. The Kier molecular flexibility index (Phi) is 6.76. The largest absolute Gasteiger partial charge is 0.446 e. The molecule has 1 aliphatic rings. The van der Waals surface area contributed by atoms with Crippen LogP contribution in [0.2, 0.25) is 0 Å². The number of nitrogens with zero attached hydrogens (tertiary/aromatic N) is 1. The lowest BCUT2D eigenvalue weighted by molar-refractivity contribution is 0.0914. The lowest BCUT2D eigenvalue weighted by Gasteiger charge is -2.27. The number of amides is 1. The minimum Gasteiger partial charge on any atom is -0.446 e. The van der Waals surface area contributed by atoms with Crippen molar-refractivity contribution >= 4 is 17.7 Å². The van der Waals surface area contributed by atoms with Crippen molar-refractivity contribution in [3.8, 4) is 0 Å². The summed E-state index contributed by atoms with van der Waals surface area (Å²) in [6.07, 6.45) is 10.5. The first-order chi connectivity index (χ1) is 10.6. The molecule has 1 heterocycles. The van der Waals surface area contributed by atoms with Crippen molar-refractivity contribution in [3.05, 3.63) is 17.8 Å². The number of nitrogens with two attached hydrogens (primary N) is 1. The van der Waals surface area contributed by atoms with Gasteiger partial charge >= 0.3 is 0 Å². The van der Waals surface area contributed by atoms with E-state index in [-0.39, 0.29) is 18.0 Å². The molecule has 22 heavy (non-hydrogen) atoms. The maximum absolute atomic E-state index is 12.3. The molecule has 3 N–H and O–H groups in total. The van der Waals surface area contributed by atoms with E-state index in [1.165, 1.54) is 38.4 Å². The summed E-state index contributed by atoms with van der Waals surface area (Å²) in [6.45, 7) is 2.08. The molecule has 1 aromatic rings. The number of nitrogens with one attached hydrogen (secondary N) is 1. The van der Waals surface area contributed by atoms with Gasteiger partial charge in [0.1, 0.15) is 6.26 Å². The van der Waals surface area contributed by atoms with Gasteiger partial charge < -0.3 is 15.5 Å². The van der Waals surface area contributed by atoms with Gasteiger partial charge in [-0.15, -0.1) is 0 Å². The number of hydrogen-bond donors (Lipinski definition) is 2. The summed E-state index contributed by atoms with van der Waals surface area (Å²) in [5.41, 5.74) is 6.34. The fourth-order valence-electron chi connectivity index (χ4n) is 2.96. The second kappa shape index (κ2) is 8.58. The van der Waals surface area contributed by atoms with Crippen molar-refractivity contribution in [1.82, 2.24) is 10.3 Å². The van der Waals surface area contributed by atoms with E-state index >= 15 is 0 Å². The normalized spacial score (nSPS) is 18.9. The number of carbonyl (C=O) groups excluding carboxylic acids is 1. The van der Waals surface area contributed by atoms with E-state index in [1.807, 2.05) is 6.26 Å². The van der Waals surface area contributed by atoms with Gasteiger partial charge in [0.2, 0.25) is 5.89 Å². The molecular formula is C16H27N3O2S. The smallest absolute Gasteiger partial charge is 0.273 e. The molecule has 1 aromatic heterocycles. The van der Waals surface area contributed by atoms with Crippen molar-refractivity contribution in [2.75, 3.05) is 12.0 Å². The molecule has 2 unspecified atom stereocenters. The molecule has 124 valence electrons. The predicted octanol–water partition coefficient (Wildman–Crippen LogP) is 3.13. The van der Waals surface area contributed by atoms with Gasteiger partial charge in [0.05, 0.1) is 6.04 Å². The minimum atomic E-state index is -0.246. The molecule has 0 spiro atoms. The maximum Gasteiger partial charge on any atom is 0.273 e. The number of rotatable bonds is 7. The lowest BCUT2D eigenvalue weighted by Crippen LogP contribution is -2.39. The van der Waals surface area contributed by atoms with Crippen molar-refractivity contribution in [2.24, 2.45) is 11.7 Å². The average molecular weight is 325 g/mol. The summed E-state index contributed by atoms with van der Waals surface area (Å²) in [4.78, 5) is 16.5. The first-order valence-electron chi connectivity index (χ1n) is 8.12. The van der Waals surface area contributed by atoms with Crippen molar-refractivity contribution < 1.29 is 9.21 Å². The highest BCUT2D eigenvalue weighted by Gasteiger charge is 2.23. The molecule has 0 bridgehead atoms. The van der Waals surface area contributed by atoms with Gasteiger partial charge in [0.25, 0.3) is 5.91 Å². The Morgan fingerprint density at radius 2 is 2.23 bits per heavy atom. The molecule has 1 amide bonds. The van der Waals surface area contributed by atoms with E-state index in [0.717, 1.165) is 12.2 Å². The van der Waals surface area contributed by atoms with Crippen LogP contribution >= 0.6 is 11.8 Å². The Morgan fingerprint density at radius 3 is 2.91 bits per heavy atom. The average Bonchev–Trinajstić information content (AvgIpc) is 3.03. The monoisotopic (exact) mass is 325 g/mol. The van der Waals surface area contributed by atoms with Crippen molar-refractivity contribution in [3.63, 3.8) is 0 Å². The fraction of sp³-hybridized carbons (Fsp3) is 0.750. The highest BCUT2D eigenvalue weighted by molar-refractivity contribution is 7.98. The van der Waals surface area contributed by atoms with E-state index in [4.69, 9.17) is 10.2 Å². The van der Waals surface area contributed by atoms with Crippen LogP contribution in [0.1, 0.15) is 67.9 Å². The van der Waals surface area contributed by atoms with E-state index < -0.39 is 0 Å². The number of aromatic nitrogens is 1. The van der Waals surface area contributed by atoms with Crippen LogP contribution in [-0.2, 0) is 0 Å². The molecule has 6 heteroatoms. The van der Waals surface area contributed by atoms with Crippen molar-refractivity contribution in [2.45, 2.75) is 57.5 Å². The highest BCUT2D eigenvalue weighted by Crippen LogP contribution is 2.26. The van der Waals surface area contributed by atoms with E-state index in [9.17, 15) is 4.79 Å². The number of hydrogen-bond acceptors (Lipinski definition) is 5. The Labute approximate surface area is 136 Å². The van der Waals surface area contributed by atoms with Gasteiger partial charge in [-0.1, -0.05) is 19.3 Å². The zero-order chi connectivity index (χ0) is 15.9. The quantitative estimate of drug-likeness (QED) is 0.805. The minimum absolute atomic E-state index is 0.162. The Bertz CT molecular complexity index is 472. The van der Waals surface area contributed by atoms with Crippen LogP contribution in [0, 0.1) is 5.92 Å². The summed E-state index contributed by atoms with van der Waals surface area (Å²) < 4.78 is 5.37. The van der Waals surface area contributed by atoms with Gasteiger partial charge in [-0.05, 0) is 44.1 Å². The van der Waals surface area contributed by atoms with Crippen LogP contribution in [-0.4, -0.2) is 28.9 Å². The Hall–Kier alpha value is -1.01. The Morgan fingerprint density at radius 1 is 1.50 bits per heavy atom. The van der Waals surface area contributed by atoms with Crippen LogP contribution in [0.15, 0.2) is 10.7 Å². The second-order valence-electron chi connectivity index (χ2n) is 6.12. The predicted molar refractivity (Wildman–Crippen MR) is 89.9 cm³/mol. The van der Waals surface area contributed by atoms with Gasteiger partial charge in [-0.2, -0.15) is 11.8 Å². The van der Waals surface area contributed by atoms with E-state index in [1.54, 1.807) is 11.8 Å². The SMILES string of the molecule is CSCCC(N)c1nc(C(=O)NC(C)C2CCCCC2)co1. The van der Waals surface area contributed by atoms with E-state index in [2.05, 4.69) is 17.2 Å². The molecule has 0 aromatic carbocycles. The number of oxazole rings is 1. The fourth-order valence-corrected chi connectivity index (χ4v) is 3.45. The van der Waals surface area contributed by atoms with Gasteiger partial charge in [-0.3, -0.25) is 4.79 Å². The molecule has 2 rings (SSSR count). The van der Waals surface area contributed by atoms with E-state index in [0.29, 0.717) is 17.5 Å². The summed E-state index contributed by atoms with van der Waals surface area (Å²) in [5, 5.41) is 3.05. The summed E-state index contributed by atoms with van der Waals surface area (Å²) in [5.74, 6) is 1.81. The molecule has 1 aliphatic carbocycles. The van der Waals surface area contributed by atoms with Crippen LogP contribution in [0.3, 0.4) is 0 Å². The summed E-state index contributed by atoms with van der Waals surface area (Å²) in [6, 6.07) is -0.0668. The lowest BCUT2D eigenvalue weighted by atomic mass is 9.84. The van der Waals surface area contributed by atoms with Crippen LogP contribution in [0.5, 0.6) is 0 Å². The number of thioether (sulfide) groups is 1. The highest BCUT2D eigenvalue weighted by atomic mass is 32.2. The molecular weight excluding hydrogens is 298 g/mol. The van der Waals surface area contributed by atoms with Crippen LogP contribution in [0.4, 0.5) is 0 Å². The molecule has 1 fully saturated rings. The summed E-state index contributed by atoms with van der Waals surface area (Å²) in [7, 11) is 0. The first-order valence-corrected chi connectivity index (χ1v) is 9.52. The first kappa shape index (κ1) is 17.3.